The number of carbonyl (C=O) groups is 1. The predicted octanol–water partition coefficient (Wildman–Crippen LogP) is 3.71. The lowest BCUT2D eigenvalue weighted by atomic mass is 10.1. The maximum absolute atomic E-state index is 13.1. The lowest BCUT2D eigenvalue weighted by Crippen LogP contribution is -2.44. The van der Waals surface area contributed by atoms with Crippen molar-refractivity contribution in [2.45, 2.75) is 12.7 Å². The van der Waals surface area contributed by atoms with Crippen LogP contribution in [0.5, 0.6) is 0 Å². The Morgan fingerprint density at radius 1 is 1.04 bits per heavy atom. The fourth-order valence-electron chi connectivity index (χ4n) is 3.04. The van der Waals surface area contributed by atoms with E-state index < -0.39 is 17.6 Å². The Morgan fingerprint density at radius 3 is 2.33 bits per heavy atom. The molecular formula is C20H22F3N3O. The monoisotopic (exact) mass is 377 g/mol. The maximum atomic E-state index is 13.1. The van der Waals surface area contributed by atoms with E-state index in [1.807, 2.05) is 7.05 Å². The van der Waals surface area contributed by atoms with E-state index in [2.05, 4.69) is 15.1 Å². The first-order valence-electron chi connectivity index (χ1n) is 8.80. The van der Waals surface area contributed by atoms with Crippen LogP contribution in [0.1, 0.15) is 21.5 Å². The van der Waals surface area contributed by atoms with Gasteiger partial charge in [-0.1, -0.05) is 24.3 Å². The highest BCUT2D eigenvalue weighted by molar-refractivity contribution is 6.04. The van der Waals surface area contributed by atoms with Gasteiger partial charge >= 0.3 is 6.18 Å². The molecule has 2 aromatic rings. The molecule has 0 unspecified atom stereocenters. The molecule has 144 valence electrons. The minimum Gasteiger partial charge on any atom is -0.322 e. The topological polar surface area (TPSA) is 35.6 Å². The summed E-state index contributed by atoms with van der Waals surface area (Å²) in [5.74, 6) is -0.422. The molecule has 27 heavy (non-hydrogen) atoms. The number of alkyl halides is 3. The van der Waals surface area contributed by atoms with Crippen molar-refractivity contribution in [2.75, 3.05) is 38.5 Å². The molecular weight excluding hydrogens is 355 g/mol. The summed E-state index contributed by atoms with van der Waals surface area (Å²) < 4.78 is 39.4. The molecule has 7 heteroatoms. The second-order valence-corrected chi connectivity index (χ2v) is 6.77. The smallest absolute Gasteiger partial charge is 0.322 e. The van der Waals surface area contributed by atoms with E-state index >= 15 is 0 Å². The molecule has 0 spiro atoms. The molecule has 1 fully saturated rings. The number of nitrogens with one attached hydrogen (secondary N) is 1. The number of anilines is 1. The second-order valence-electron chi connectivity index (χ2n) is 6.77. The van der Waals surface area contributed by atoms with Crippen LogP contribution in [-0.2, 0) is 12.7 Å². The van der Waals surface area contributed by atoms with Crippen LogP contribution >= 0.6 is 0 Å². The van der Waals surface area contributed by atoms with E-state index in [0.717, 1.165) is 38.3 Å². The number of piperazine rings is 1. The van der Waals surface area contributed by atoms with Crippen molar-refractivity contribution in [2.24, 2.45) is 0 Å². The van der Waals surface area contributed by atoms with Gasteiger partial charge in [0.15, 0.2) is 0 Å². The molecule has 2 aromatic carbocycles. The first-order chi connectivity index (χ1) is 12.8. The van der Waals surface area contributed by atoms with Gasteiger partial charge in [0, 0.05) is 44.0 Å². The number of halogens is 3. The standard InChI is InChI=1S/C20H22F3N3O/c1-25-9-11-26(12-10-25)14-16-7-8-17(20(21,22)23)13-18(16)24-19(27)15-5-3-2-4-6-15/h2-8,13H,9-12,14H2,1H3,(H,24,27). The normalized spacial score (nSPS) is 16.3. The summed E-state index contributed by atoms with van der Waals surface area (Å²) in [5.41, 5.74) is 0.517. The maximum Gasteiger partial charge on any atom is 0.416 e. The lowest BCUT2D eigenvalue weighted by molar-refractivity contribution is -0.137. The molecule has 1 saturated heterocycles. The molecule has 0 bridgehead atoms. The molecule has 1 N–H and O–H groups in total. The van der Waals surface area contributed by atoms with Crippen LogP contribution in [0.25, 0.3) is 0 Å². The van der Waals surface area contributed by atoms with E-state index in [1.165, 1.54) is 6.07 Å². The van der Waals surface area contributed by atoms with Gasteiger partial charge in [0.25, 0.3) is 5.91 Å². The average molecular weight is 377 g/mol. The number of hydrogen-bond acceptors (Lipinski definition) is 3. The first kappa shape index (κ1) is 19.4. The highest BCUT2D eigenvalue weighted by Gasteiger charge is 2.31. The molecule has 1 aliphatic rings. The Kier molecular flexibility index (Phi) is 5.82. The van der Waals surface area contributed by atoms with Crippen LogP contribution in [0.4, 0.5) is 18.9 Å². The Morgan fingerprint density at radius 2 is 1.70 bits per heavy atom. The molecule has 0 atom stereocenters. The number of rotatable bonds is 4. The zero-order valence-corrected chi connectivity index (χ0v) is 15.1. The molecule has 4 nitrogen and oxygen atoms in total. The van der Waals surface area contributed by atoms with Gasteiger partial charge < -0.3 is 10.2 Å². The SMILES string of the molecule is CN1CCN(Cc2ccc(C(F)(F)F)cc2NC(=O)c2ccccc2)CC1. The van der Waals surface area contributed by atoms with Crippen molar-refractivity contribution in [1.82, 2.24) is 9.80 Å². The molecule has 0 aromatic heterocycles. The zero-order chi connectivity index (χ0) is 19.4. The largest absolute Gasteiger partial charge is 0.416 e. The molecule has 1 amide bonds. The fourth-order valence-corrected chi connectivity index (χ4v) is 3.04. The Labute approximate surface area is 156 Å². The van der Waals surface area contributed by atoms with Gasteiger partial charge in [-0.3, -0.25) is 9.69 Å². The number of amides is 1. The van der Waals surface area contributed by atoms with Crippen LogP contribution in [0.2, 0.25) is 0 Å². The van der Waals surface area contributed by atoms with Crippen molar-refractivity contribution >= 4 is 11.6 Å². The Bertz CT molecular complexity index is 785. The number of hydrogen-bond donors (Lipinski definition) is 1. The van der Waals surface area contributed by atoms with E-state index in [1.54, 1.807) is 30.3 Å². The second kappa shape index (κ2) is 8.10. The molecule has 3 rings (SSSR count). The van der Waals surface area contributed by atoms with Crippen molar-refractivity contribution in [1.29, 1.82) is 0 Å². The van der Waals surface area contributed by atoms with Crippen molar-refractivity contribution in [3.63, 3.8) is 0 Å². The minimum atomic E-state index is -4.46. The van der Waals surface area contributed by atoms with E-state index in [4.69, 9.17) is 0 Å². The van der Waals surface area contributed by atoms with Gasteiger partial charge in [0.05, 0.1) is 5.56 Å². The van der Waals surface area contributed by atoms with Crippen LogP contribution in [-0.4, -0.2) is 48.9 Å². The number of nitrogens with zero attached hydrogens (tertiary/aromatic N) is 2. The van der Waals surface area contributed by atoms with Gasteiger partial charge in [-0.05, 0) is 36.9 Å². The third kappa shape index (κ3) is 5.08. The van der Waals surface area contributed by atoms with Crippen LogP contribution < -0.4 is 5.32 Å². The summed E-state index contributed by atoms with van der Waals surface area (Å²) in [6.07, 6.45) is -4.46. The summed E-state index contributed by atoms with van der Waals surface area (Å²) in [7, 11) is 2.04. The average Bonchev–Trinajstić information content (AvgIpc) is 2.64. The first-order valence-corrected chi connectivity index (χ1v) is 8.80. The molecule has 1 aliphatic heterocycles. The number of benzene rings is 2. The lowest BCUT2D eigenvalue weighted by Gasteiger charge is -2.32. The van der Waals surface area contributed by atoms with Gasteiger partial charge in [-0.2, -0.15) is 13.2 Å². The quantitative estimate of drug-likeness (QED) is 0.883. The fraction of sp³-hybridized carbons (Fsp3) is 0.350. The summed E-state index contributed by atoms with van der Waals surface area (Å²) in [5, 5.41) is 2.66. The van der Waals surface area contributed by atoms with Crippen molar-refractivity contribution in [3.8, 4) is 0 Å². The number of carbonyl (C=O) groups excluding carboxylic acids is 1. The zero-order valence-electron chi connectivity index (χ0n) is 15.1. The van der Waals surface area contributed by atoms with Crippen molar-refractivity contribution < 1.29 is 18.0 Å². The van der Waals surface area contributed by atoms with E-state index in [9.17, 15) is 18.0 Å². The highest BCUT2D eigenvalue weighted by Crippen LogP contribution is 2.33. The van der Waals surface area contributed by atoms with E-state index in [0.29, 0.717) is 17.7 Å². The summed E-state index contributed by atoms with van der Waals surface area (Å²) >= 11 is 0. The molecule has 1 heterocycles. The molecule has 0 saturated carbocycles. The predicted molar refractivity (Wildman–Crippen MR) is 98.6 cm³/mol. The number of likely N-dealkylation sites (N-methyl/N-ethyl adjacent to an activating group) is 1. The Hall–Kier alpha value is -2.38. The molecule has 0 radical (unpaired) electrons. The summed E-state index contributed by atoms with van der Waals surface area (Å²) in [4.78, 5) is 16.8. The van der Waals surface area contributed by atoms with Crippen LogP contribution in [0.15, 0.2) is 48.5 Å². The minimum absolute atomic E-state index is 0.206. The van der Waals surface area contributed by atoms with E-state index in [-0.39, 0.29) is 5.69 Å². The van der Waals surface area contributed by atoms with Gasteiger partial charge in [0.1, 0.15) is 0 Å². The highest BCUT2D eigenvalue weighted by atomic mass is 19.4. The van der Waals surface area contributed by atoms with Crippen LogP contribution in [0.3, 0.4) is 0 Å². The van der Waals surface area contributed by atoms with Crippen molar-refractivity contribution in [3.05, 3.63) is 65.2 Å². The van der Waals surface area contributed by atoms with Gasteiger partial charge in [0.2, 0.25) is 0 Å². The third-order valence-corrected chi connectivity index (χ3v) is 4.71. The molecule has 0 aliphatic carbocycles. The Balaban J connectivity index is 1.84. The third-order valence-electron chi connectivity index (χ3n) is 4.71. The van der Waals surface area contributed by atoms with Gasteiger partial charge in [-0.15, -0.1) is 0 Å². The van der Waals surface area contributed by atoms with Crippen LogP contribution in [0, 0.1) is 0 Å². The summed E-state index contributed by atoms with van der Waals surface area (Å²) in [6, 6.07) is 12.0. The van der Waals surface area contributed by atoms with Gasteiger partial charge in [-0.25, -0.2) is 0 Å². The summed E-state index contributed by atoms with van der Waals surface area (Å²) in [6.45, 7) is 3.99.